The van der Waals surface area contributed by atoms with Gasteiger partial charge in [-0.3, -0.25) is 14.9 Å². The van der Waals surface area contributed by atoms with Gasteiger partial charge < -0.3 is 25.2 Å². The number of carbonyl (C=O) groups is 3. The monoisotopic (exact) mass is 441 g/mol. The number of hydrogen-bond donors (Lipinski definition) is 3. The number of methoxy groups -OCH3 is 1. The first-order valence-electron chi connectivity index (χ1n) is 11.5. The predicted octanol–water partition coefficient (Wildman–Crippen LogP) is 0.693. The number of fused-ring (bicyclic) bond motifs is 1. The summed E-state index contributed by atoms with van der Waals surface area (Å²) >= 11 is 0. The van der Waals surface area contributed by atoms with Crippen LogP contribution in [0.25, 0.3) is 0 Å². The molecule has 4 heterocycles. The van der Waals surface area contributed by atoms with Gasteiger partial charge in [0.25, 0.3) is 11.8 Å². The highest BCUT2D eigenvalue weighted by Crippen LogP contribution is 2.36. The van der Waals surface area contributed by atoms with Crippen molar-refractivity contribution in [2.75, 3.05) is 39.8 Å². The third-order valence-electron chi connectivity index (χ3n) is 7.65. The average molecular weight is 442 g/mol. The van der Waals surface area contributed by atoms with Crippen LogP contribution in [0.1, 0.15) is 41.6 Å². The molecule has 4 amide bonds. The van der Waals surface area contributed by atoms with Crippen LogP contribution >= 0.6 is 0 Å². The van der Waals surface area contributed by atoms with Gasteiger partial charge in [0.2, 0.25) is 0 Å². The number of rotatable bonds is 5. The number of nitrogens with zero attached hydrogens (tertiary/aromatic N) is 2. The maximum absolute atomic E-state index is 13.1. The van der Waals surface area contributed by atoms with Crippen molar-refractivity contribution in [2.45, 2.75) is 43.8 Å². The summed E-state index contributed by atoms with van der Waals surface area (Å²) < 4.78 is 5.29. The zero-order chi connectivity index (χ0) is 22.3. The fourth-order valence-electron chi connectivity index (χ4n) is 5.88. The van der Waals surface area contributed by atoms with E-state index >= 15 is 0 Å². The highest BCUT2D eigenvalue weighted by atomic mass is 16.5. The van der Waals surface area contributed by atoms with Crippen LogP contribution in [0.2, 0.25) is 0 Å². The minimum Gasteiger partial charge on any atom is -0.497 e. The molecule has 1 atom stereocenters. The number of piperidine rings is 2. The molecular weight excluding hydrogens is 410 g/mol. The van der Waals surface area contributed by atoms with Crippen LogP contribution in [-0.2, 0) is 11.3 Å². The quantitative estimate of drug-likeness (QED) is 0.581. The Morgan fingerprint density at radius 2 is 1.84 bits per heavy atom. The van der Waals surface area contributed by atoms with Crippen LogP contribution in [-0.4, -0.2) is 79.1 Å². The van der Waals surface area contributed by atoms with E-state index in [1.165, 1.54) is 0 Å². The minimum atomic E-state index is -1.08. The summed E-state index contributed by atoms with van der Waals surface area (Å²) in [5, 5.41) is 8.78. The molecule has 3 saturated heterocycles. The van der Waals surface area contributed by atoms with E-state index in [2.05, 4.69) is 20.9 Å². The van der Waals surface area contributed by atoms with Gasteiger partial charge in [0.15, 0.2) is 0 Å². The SMILES string of the molecule is COc1ccc2c(c1)CN(CC1(C3CCN(C4CCNCC4)CC3)NC(=O)NC1=O)C2=O. The zero-order valence-corrected chi connectivity index (χ0v) is 18.5. The number of benzene rings is 1. The van der Waals surface area contributed by atoms with Gasteiger partial charge in [-0.1, -0.05) is 0 Å². The third-order valence-corrected chi connectivity index (χ3v) is 7.65. The van der Waals surface area contributed by atoms with Crippen molar-refractivity contribution in [3.05, 3.63) is 29.3 Å². The van der Waals surface area contributed by atoms with Crippen molar-refractivity contribution >= 4 is 17.8 Å². The fourth-order valence-corrected chi connectivity index (χ4v) is 5.88. The summed E-state index contributed by atoms with van der Waals surface area (Å²) in [4.78, 5) is 42.6. The molecule has 3 N–H and O–H groups in total. The highest BCUT2D eigenvalue weighted by Gasteiger charge is 2.54. The molecule has 9 heteroatoms. The lowest BCUT2D eigenvalue weighted by atomic mass is 9.76. The molecule has 0 aliphatic carbocycles. The van der Waals surface area contributed by atoms with E-state index in [0.29, 0.717) is 23.9 Å². The number of imide groups is 1. The van der Waals surface area contributed by atoms with Gasteiger partial charge in [-0.05, 0) is 81.5 Å². The van der Waals surface area contributed by atoms with Crippen molar-refractivity contribution in [3.63, 3.8) is 0 Å². The van der Waals surface area contributed by atoms with E-state index in [9.17, 15) is 14.4 Å². The summed E-state index contributed by atoms with van der Waals surface area (Å²) in [7, 11) is 1.60. The van der Waals surface area contributed by atoms with Gasteiger partial charge in [-0.15, -0.1) is 0 Å². The Kier molecular flexibility index (Phi) is 5.54. The molecule has 1 aromatic carbocycles. The molecule has 4 aliphatic rings. The lowest BCUT2D eigenvalue weighted by Crippen LogP contribution is -2.62. The van der Waals surface area contributed by atoms with Crippen molar-refractivity contribution < 1.29 is 19.1 Å². The first-order chi connectivity index (χ1) is 15.5. The highest BCUT2D eigenvalue weighted by molar-refractivity contribution is 6.08. The van der Waals surface area contributed by atoms with Crippen molar-refractivity contribution in [1.82, 2.24) is 25.8 Å². The lowest BCUT2D eigenvalue weighted by molar-refractivity contribution is -0.127. The topological polar surface area (TPSA) is 103 Å². The number of carbonyl (C=O) groups excluding carboxylic acids is 3. The van der Waals surface area contributed by atoms with Crippen LogP contribution in [0.3, 0.4) is 0 Å². The van der Waals surface area contributed by atoms with Gasteiger partial charge in [0.1, 0.15) is 11.3 Å². The predicted molar refractivity (Wildman–Crippen MR) is 117 cm³/mol. The molecule has 0 radical (unpaired) electrons. The summed E-state index contributed by atoms with van der Waals surface area (Å²) in [6.45, 7) is 4.50. The third kappa shape index (κ3) is 3.63. The van der Waals surface area contributed by atoms with Gasteiger partial charge in [0, 0.05) is 18.2 Å². The number of amides is 4. The molecule has 4 aliphatic heterocycles. The Morgan fingerprint density at radius 1 is 1.09 bits per heavy atom. The van der Waals surface area contributed by atoms with Crippen LogP contribution in [0, 0.1) is 5.92 Å². The van der Waals surface area contributed by atoms with E-state index in [1.807, 2.05) is 6.07 Å². The fraction of sp³-hybridized carbons (Fsp3) is 0.609. The Hall–Kier alpha value is -2.65. The molecule has 32 heavy (non-hydrogen) atoms. The second-order valence-electron chi connectivity index (χ2n) is 9.36. The molecule has 5 rings (SSSR count). The van der Waals surface area contributed by atoms with Crippen molar-refractivity contribution in [1.29, 1.82) is 0 Å². The molecule has 0 saturated carbocycles. The average Bonchev–Trinajstić information content (AvgIpc) is 3.29. The van der Waals surface area contributed by atoms with E-state index < -0.39 is 11.6 Å². The number of likely N-dealkylation sites (tertiary alicyclic amines) is 1. The molecular formula is C23H31N5O4. The lowest BCUT2D eigenvalue weighted by Gasteiger charge is -2.44. The molecule has 172 valence electrons. The first kappa shape index (κ1) is 21.2. The van der Waals surface area contributed by atoms with Crippen LogP contribution in [0.15, 0.2) is 18.2 Å². The van der Waals surface area contributed by atoms with Crippen molar-refractivity contribution in [3.8, 4) is 5.75 Å². The van der Waals surface area contributed by atoms with E-state index in [0.717, 1.165) is 57.4 Å². The number of ether oxygens (including phenoxy) is 1. The second-order valence-corrected chi connectivity index (χ2v) is 9.36. The summed E-state index contributed by atoms with van der Waals surface area (Å²) in [6.07, 6.45) is 3.94. The standard InChI is InChI=1S/C23H31N5O4/c1-32-18-2-3-19-15(12-18)13-28(20(19)29)14-23(21(30)25-22(31)26-23)16-6-10-27(11-7-16)17-4-8-24-9-5-17/h2-3,12,16-17,24H,4-11,13-14H2,1H3,(H2,25,26,30,31). The van der Waals surface area contributed by atoms with Crippen LogP contribution < -0.4 is 20.7 Å². The Bertz CT molecular complexity index is 923. The van der Waals surface area contributed by atoms with Gasteiger partial charge in [0.05, 0.1) is 13.7 Å². The molecule has 0 aromatic heterocycles. The summed E-state index contributed by atoms with van der Waals surface area (Å²) in [6, 6.07) is 5.53. The molecule has 0 bridgehead atoms. The van der Waals surface area contributed by atoms with Gasteiger partial charge >= 0.3 is 6.03 Å². The van der Waals surface area contributed by atoms with Crippen LogP contribution in [0.5, 0.6) is 5.75 Å². The summed E-state index contributed by atoms with van der Waals surface area (Å²) in [5.74, 6) is 0.260. The molecule has 9 nitrogen and oxygen atoms in total. The Morgan fingerprint density at radius 3 is 2.50 bits per heavy atom. The Balaban J connectivity index is 1.33. The molecule has 3 fully saturated rings. The maximum Gasteiger partial charge on any atom is 0.322 e. The van der Waals surface area contributed by atoms with Gasteiger partial charge in [-0.2, -0.15) is 0 Å². The Labute approximate surface area is 187 Å². The molecule has 0 spiro atoms. The number of nitrogens with one attached hydrogen (secondary N) is 3. The van der Waals surface area contributed by atoms with E-state index in [-0.39, 0.29) is 24.3 Å². The number of hydrogen-bond acceptors (Lipinski definition) is 6. The first-order valence-corrected chi connectivity index (χ1v) is 11.5. The smallest absolute Gasteiger partial charge is 0.322 e. The van der Waals surface area contributed by atoms with E-state index in [1.54, 1.807) is 24.1 Å². The maximum atomic E-state index is 13.1. The van der Waals surface area contributed by atoms with E-state index in [4.69, 9.17) is 4.74 Å². The molecule has 1 unspecified atom stereocenters. The number of urea groups is 1. The second kappa shape index (κ2) is 8.37. The zero-order valence-electron chi connectivity index (χ0n) is 18.5. The molecule has 1 aromatic rings. The van der Waals surface area contributed by atoms with Crippen LogP contribution in [0.4, 0.5) is 4.79 Å². The van der Waals surface area contributed by atoms with Gasteiger partial charge in [-0.25, -0.2) is 4.79 Å². The summed E-state index contributed by atoms with van der Waals surface area (Å²) in [5.41, 5.74) is 0.431. The normalized spacial score (nSPS) is 27.4. The minimum absolute atomic E-state index is 0.0158. The largest absolute Gasteiger partial charge is 0.497 e. The van der Waals surface area contributed by atoms with Crippen molar-refractivity contribution in [2.24, 2.45) is 5.92 Å².